The minimum Gasteiger partial charge on any atom is -0.343 e. The number of H-pyrrole nitrogens is 2. The van der Waals surface area contributed by atoms with E-state index in [0.29, 0.717) is 22.4 Å². The molecular weight excluding hydrogens is 280 g/mol. The summed E-state index contributed by atoms with van der Waals surface area (Å²) in [5.41, 5.74) is 1.95. The van der Waals surface area contributed by atoms with Gasteiger partial charge in [0.25, 0.3) is 5.91 Å². The van der Waals surface area contributed by atoms with E-state index >= 15 is 0 Å². The van der Waals surface area contributed by atoms with E-state index in [2.05, 4.69) is 36.4 Å². The fraction of sp³-hybridized carbons (Fsp3) is 0.0667. The second kappa shape index (κ2) is 5.93. The second-order valence-electron chi connectivity index (χ2n) is 4.40. The summed E-state index contributed by atoms with van der Waals surface area (Å²) >= 11 is 0. The molecule has 0 spiro atoms. The van der Waals surface area contributed by atoms with E-state index < -0.39 is 0 Å². The normalized spacial score (nSPS) is 10.1. The molecule has 108 valence electrons. The number of aromatic nitrogens is 5. The molecule has 0 bridgehead atoms. The Kier molecular flexibility index (Phi) is 3.66. The maximum Gasteiger partial charge on any atom is 0.254 e. The van der Waals surface area contributed by atoms with Gasteiger partial charge in [-0.15, -0.1) is 6.42 Å². The molecule has 3 aromatic rings. The van der Waals surface area contributed by atoms with Gasteiger partial charge in [0.1, 0.15) is 5.52 Å². The van der Waals surface area contributed by atoms with Crippen LogP contribution in [0.4, 0.5) is 0 Å². The van der Waals surface area contributed by atoms with Crippen molar-refractivity contribution in [3.05, 3.63) is 42.4 Å². The predicted molar refractivity (Wildman–Crippen MR) is 82.3 cm³/mol. The molecule has 7 nitrogen and oxygen atoms in total. The number of aromatic amines is 2. The van der Waals surface area contributed by atoms with Gasteiger partial charge in [-0.25, -0.2) is 9.97 Å². The summed E-state index contributed by atoms with van der Waals surface area (Å²) in [6.07, 6.45) is 10.0. The number of fused-ring (bicyclic) bond motifs is 2. The summed E-state index contributed by atoms with van der Waals surface area (Å²) in [6, 6.07) is 5.30. The van der Waals surface area contributed by atoms with Gasteiger partial charge in [-0.1, -0.05) is 18.1 Å². The first-order valence-corrected chi connectivity index (χ1v) is 6.52. The van der Waals surface area contributed by atoms with Crippen LogP contribution < -0.4 is 5.32 Å². The molecule has 2 aromatic heterocycles. The topological polar surface area (TPSA) is 99.4 Å². The zero-order valence-electron chi connectivity index (χ0n) is 11.5. The van der Waals surface area contributed by atoms with Crippen molar-refractivity contribution in [3.63, 3.8) is 0 Å². The Morgan fingerprint density at radius 1 is 1.27 bits per heavy atom. The minimum atomic E-state index is -0.284. The summed E-state index contributed by atoms with van der Waals surface area (Å²) < 4.78 is 0. The van der Waals surface area contributed by atoms with Gasteiger partial charge in [0, 0.05) is 24.0 Å². The second-order valence-corrected chi connectivity index (χ2v) is 4.40. The molecule has 0 aliphatic rings. The van der Waals surface area contributed by atoms with Gasteiger partial charge in [-0.3, -0.25) is 9.89 Å². The molecule has 0 radical (unpaired) electrons. The maximum absolute atomic E-state index is 12.2. The highest BCUT2D eigenvalue weighted by atomic mass is 16.1. The number of hydrogen-bond acceptors (Lipinski definition) is 4. The molecule has 2 heterocycles. The molecule has 0 aliphatic heterocycles. The maximum atomic E-state index is 12.2. The predicted octanol–water partition coefficient (Wildman–Crippen LogP) is 1.32. The van der Waals surface area contributed by atoms with Crippen LogP contribution in [0.5, 0.6) is 0 Å². The highest BCUT2D eigenvalue weighted by Crippen LogP contribution is 2.14. The number of benzene rings is 1. The molecule has 0 aliphatic carbocycles. The van der Waals surface area contributed by atoms with Crippen molar-refractivity contribution in [2.24, 2.45) is 0 Å². The molecule has 1 aromatic carbocycles. The molecular formula is C15H12N6O. The molecule has 3 rings (SSSR count). The molecule has 1 amide bonds. The summed E-state index contributed by atoms with van der Waals surface area (Å²) in [5, 5.41) is 10.5. The highest BCUT2D eigenvalue weighted by molar-refractivity contribution is 6.05. The zero-order valence-corrected chi connectivity index (χ0v) is 11.5. The number of amides is 1. The molecule has 7 heteroatoms. The SMILES string of the molecule is C#CCNC(=O)c1cccc2c[nH]c3nccnc3[nH]nc12. The van der Waals surface area contributed by atoms with Crippen LogP contribution in [-0.4, -0.2) is 37.6 Å². The van der Waals surface area contributed by atoms with Gasteiger partial charge in [0.2, 0.25) is 0 Å². The third-order valence-corrected chi connectivity index (χ3v) is 3.00. The van der Waals surface area contributed by atoms with E-state index in [1.54, 1.807) is 30.7 Å². The van der Waals surface area contributed by atoms with Gasteiger partial charge in [0.05, 0.1) is 12.1 Å². The van der Waals surface area contributed by atoms with Crippen molar-refractivity contribution >= 4 is 28.1 Å². The molecule has 22 heavy (non-hydrogen) atoms. The Morgan fingerprint density at radius 2 is 2.09 bits per heavy atom. The van der Waals surface area contributed by atoms with Gasteiger partial charge in [-0.2, -0.15) is 5.10 Å². The average Bonchev–Trinajstić information content (AvgIpc) is 2.54. The number of nitrogens with zero attached hydrogens (tertiary/aromatic N) is 3. The van der Waals surface area contributed by atoms with Crippen molar-refractivity contribution in [1.29, 1.82) is 0 Å². The number of hydrogen-bond donors (Lipinski definition) is 3. The van der Waals surface area contributed by atoms with Gasteiger partial charge < -0.3 is 10.3 Å². The number of terminal acetylenes is 1. The van der Waals surface area contributed by atoms with Gasteiger partial charge >= 0.3 is 0 Å². The molecule has 0 fully saturated rings. The van der Waals surface area contributed by atoms with Crippen molar-refractivity contribution in [2.45, 2.75) is 0 Å². The van der Waals surface area contributed by atoms with E-state index in [-0.39, 0.29) is 12.5 Å². The smallest absolute Gasteiger partial charge is 0.254 e. The van der Waals surface area contributed by atoms with Gasteiger partial charge in [0.15, 0.2) is 11.3 Å². The lowest BCUT2D eigenvalue weighted by atomic mass is 10.1. The zero-order chi connectivity index (χ0) is 15.4. The molecule has 0 unspecified atom stereocenters. The van der Waals surface area contributed by atoms with Crippen molar-refractivity contribution in [1.82, 2.24) is 30.5 Å². The lowest BCUT2D eigenvalue weighted by Gasteiger charge is -2.04. The van der Waals surface area contributed by atoms with Crippen LogP contribution in [0.15, 0.2) is 36.8 Å². The molecule has 0 saturated carbocycles. The number of carbonyl (C=O) groups is 1. The Hall–Kier alpha value is -3.40. The number of rotatable bonds is 2. The van der Waals surface area contributed by atoms with Crippen LogP contribution >= 0.6 is 0 Å². The molecule has 3 N–H and O–H groups in total. The van der Waals surface area contributed by atoms with E-state index in [4.69, 9.17) is 6.42 Å². The van der Waals surface area contributed by atoms with Crippen LogP contribution in [0.2, 0.25) is 0 Å². The standard InChI is InChI=1S/C15H12N6O/c1-2-6-18-15(22)11-5-3-4-10-9-19-13-14(17-8-7-16-13)21-20-12(10)11/h1,3-5,7-9H,6H2,(H,16,19)(H,17,21)(H,18,22). The fourth-order valence-electron chi connectivity index (χ4n) is 1.99. The van der Waals surface area contributed by atoms with Gasteiger partial charge in [-0.05, 0) is 6.07 Å². The van der Waals surface area contributed by atoms with Crippen molar-refractivity contribution < 1.29 is 4.79 Å². The molecule has 0 atom stereocenters. The Labute approximate surface area is 125 Å². The Bertz CT molecular complexity index is 932. The van der Waals surface area contributed by atoms with Crippen LogP contribution in [0, 0.1) is 12.3 Å². The third-order valence-electron chi connectivity index (χ3n) is 3.00. The highest BCUT2D eigenvalue weighted by Gasteiger charge is 2.09. The van der Waals surface area contributed by atoms with Crippen molar-refractivity contribution in [3.8, 4) is 12.3 Å². The number of nitrogens with one attached hydrogen (secondary N) is 3. The summed E-state index contributed by atoms with van der Waals surface area (Å²) in [7, 11) is 0. The fourth-order valence-corrected chi connectivity index (χ4v) is 1.99. The first-order valence-electron chi connectivity index (χ1n) is 6.52. The van der Waals surface area contributed by atoms with E-state index in [1.165, 1.54) is 0 Å². The number of para-hydroxylation sites is 1. The largest absolute Gasteiger partial charge is 0.343 e. The summed E-state index contributed by atoms with van der Waals surface area (Å²) in [5.74, 6) is 2.08. The summed E-state index contributed by atoms with van der Waals surface area (Å²) in [4.78, 5) is 23.5. The summed E-state index contributed by atoms with van der Waals surface area (Å²) in [6.45, 7) is 0.159. The van der Waals surface area contributed by atoms with E-state index in [9.17, 15) is 4.79 Å². The lowest BCUT2D eigenvalue weighted by Crippen LogP contribution is -2.23. The third kappa shape index (κ3) is 2.58. The lowest BCUT2D eigenvalue weighted by molar-refractivity contribution is 0.0960. The quantitative estimate of drug-likeness (QED) is 0.620. The van der Waals surface area contributed by atoms with E-state index in [0.717, 1.165) is 5.39 Å². The van der Waals surface area contributed by atoms with Crippen molar-refractivity contribution in [2.75, 3.05) is 6.54 Å². The minimum absolute atomic E-state index is 0.159. The van der Waals surface area contributed by atoms with Crippen LogP contribution in [0.25, 0.3) is 22.2 Å². The Balaban J connectivity index is 2.23. The molecule has 0 saturated heterocycles. The van der Waals surface area contributed by atoms with Crippen LogP contribution in [0.1, 0.15) is 10.4 Å². The van der Waals surface area contributed by atoms with Crippen LogP contribution in [-0.2, 0) is 0 Å². The monoisotopic (exact) mass is 292 g/mol. The average molecular weight is 292 g/mol. The van der Waals surface area contributed by atoms with E-state index in [1.807, 2.05) is 6.07 Å². The first kappa shape index (κ1) is 13.6. The number of carbonyl (C=O) groups excluding carboxylic acids is 1. The van der Waals surface area contributed by atoms with Crippen LogP contribution in [0.3, 0.4) is 0 Å². The Morgan fingerprint density at radius 3 is 2.91 bits per heavy atom. The first-order chi connectivity index (χ1) is 10.8.